The number of nitro benzene ring substituents is 1. The number of anilines is 1. The van der Waals surface area contributed by atoms with Crippen LogP contribution in [-0.2, 0) is 6.54 Å². The van der Waals surface area contributed by atoms with E-state index in [-0.39, 0.29) is 10.6 Å². The van der Waals surface area contributed by atoms with Crippen LogP contribution in [0.4, 0.5) is 11.4 Å². The minimum atomic E-state index is -0.349. The molecule has 0 radical (unpaired) electrons. The van der Waals surface area contributed by atoms with Gasteiger partial charge < -0.3 is 5.32 Å². The summed E-state index contributed by atoms with van der Waals surface area (Å²) in [7, 11) is 0. The molecular weight excluding hydrogens is 352 g/mol. The van der Waals surface area contributed by atoms with Crippen molar-refractivity contribution in [3.8, 4) is 0 Å². The van der Waals surface area contributed by atoms with Crippen LogP contribution in [0.2, 0.25) is 0 Å². The van der Waals surface area contributed by atoms with E-state index in [0.29, 0.717) is 11.4 Å². The number of fused-ring (bicyclic) bond motifs is 1. The SMILES string of the molecule is Cc1ccccc1CN1CCC(Nc2ccc([N+](=O)[O-])c3cnccc23)CC1. The quantitative estimate of drug-likeness (QED) is 0.523. The zero-order valence-electron chi connectivity index (χ0n) is 16.0. The number of nitrogens with one attached hydrogen (secondary N) is 1. The van der Waals surface area contributed by atoms with Gasteiger partial charge in [-0.15, -0.1) is 0 Å². The standard InChI is InChI=1S/C22H24N4O2/c1-16-4-2-3-5-17(16)15-25-12-9-18(10-13-25)24-21-6-7-22(26(27)28)20-14-23-11-8-19(20)21/h2-8,11,14,18,24H,9-10,12-13,15H2,1H3. The number of non-ortho nitro benzene ring substituents is 1. The van der Waals surface area contributed by atoms with Crippen LogP contribution in [0.3, 0.4) is 0 Å². The molecule has 1 fully saturated rings. The van der Waals surface area contributed by atoms with E-state index >= 15 is 0 Å². The monoisotopic (exact) mass is 376 g/mol. The molecule has 1 aliphatic heterocycles. The molecule has 0 atom stereocenters. The number of likely N-dealkylation sites (tertiary alicyclic amines) is 1. The van der Waals surface area contributed by atoms with Gasteiger partial charge in [-0.1, -0.05) is 24.3 Å². The van der Waals surface area contributed by atoms with Gasteiger partial charge in [0, 0.05) is 55.2 Å². The van der Waals surface area contributed by atoms with Gasteiger partial charge >= 0.3 is 0 Å². The fourth-order valence-electron chi connectivity index (χ4n) is 3.94. The number of pyridine rings is 1. The topological polar surface area (TPSA) is 71.3 Å². The summed E-state index contributed by atoms with van der Waals surface area (Å²) in [6.07, 6.45) is 5.36. The number of benzene rings is 2. The van der Waals surface area contributed by atoms with E-state index in [4.69, 9.17) is 0 Å². The normalized spacial score (nSPS) is 15.6. The highest BCUT2D eigenvalue weighted by Gasteiger charge is 2.21. The molecule has 4 rings (SSSR count). The summed E-state index contributed by atoms with van der Waals surface area (Å²) >= 11 is 0. The molecule has 0 bridgehead atoms. The maximum Gasteiger partial charge on any atom is 0.278 e. The second kappa shape index (κ2) is 7.94. The number of hydrogen-bond acceptors (Lipinski definition) is 5. The van der Waals surface area contributed by atoms with Crippen molar-refractivity contribution < 1.29 is 4.92 Å². The van der Waals surface area contributed by atoms with Crippen molar-refractivity contribution in [2.24, 2.45) is 0 Å². The molecule has 0 aliphatic carbocycles. The molecule has 0 saturated carbocycles. The van der Waals surface area contributed by atoms with Crippen molar-refractivity contribution >= 4 is 22.1 Å². The summed E-state index contributed by atoms with van der Waals surface area (Å²) in [6.45, 7) is 5.24. The largest absolute Gasteiger partial charge is 0.382 e. The Morgan fingerprint density at radius 3 is 2.68 bits per heavy atom. The van der Waals surface area contributed by atoms with Crippen LogP contribution in [0.1, 0.15) is 24.0 Å². The zero-order chi connectivity index (χ0) is 19.5. The van der Waals surface area contributed by atoms with Crippen LogP contribution in [-0.4, -0.2) is 33.9 Å². The van der Waals surface area contributed by atoms with E-state index in [2.05, 4.69) is 46.4 Å². The van der Waals surface area contributed by atoms with Gasteiger partial charge in [-0.25, -0.2) is 0 Å². The molecule has 0 amide bonds. The summed E-state index contributed by atoms with van der Waals surface area (Å²) in [5.41, 5.74) is 3.78. The van der Waals surface area contributed by atoms with Crippen LogP contribution in [0.5, 0.6) is 0 Å². The fraction of sp³-hybridized carbons (Fsp3) is 0.318. The molecule has 3 aromatic rings. The Balaban J connectivity index is 1.43. The molecule has 2 aromatic carbocycles. The summed E-state index contributed by atoms with van der Waals surface area (Å²) in [5, 5.41) is 16.3. The lowest BCUT2D eigenvalue weighted by atomic mass is 10.0. The van der Waals surface area contributed by atoms with Crippen molar-refractivity contribution in [3.63, 3.8) is 0 Å². The summed E-state index contributed by atoms with van der Waals surface area (Å²) in [5.74, 6) is 0. The van der Waals surface area contributed by atoms with Crippen LogP contribution < -0.4 is 5.32 Å². The average Bonchev–Trinajstić information content (AvgIpc) is 2.71. The fourth-order valence-corrected chi connectivity index (χ4v) is 3.94. The van der Waals surface area contributed by atoms with Gasteiger partial charge in [-0.05, 0) is 43.0 Å². The lowest BCUT2D eigenvalue weighted by Crippen LogP contribution is -2.38. The number of piperidine rings is 1. The Labute approximate surface area is 164 Å². The number of hydrogen-bond donors (Lipinski definition) is 1. The molecular formula is C22H24N4O2. The third kappa shape index (κ3) is 3.82. The summed E-state index contributed by atoms with van der Waals surface area (Å²) < 4.78 is 0. The van der Waals surface area contributed by atoms with E-state index in [9.17, 15) is 10.1 Å². The first kappa shape index (κ1) is 18.4. The summed E-state index contributed by atoms with van der Waals surface area (Å²) in [4.78, 5) is 17.5. The van der Waals surface area contributed by atoms with Crippen LogP contribution in [0, 0.1) is 17.0 Å². The van der Waals surface area contributed by atoms with Gasteiger partial charge in [-0.3, -0.25) is 20.0 Å². The third-order valence-corrected chi connectivity index (χ3v) is 5.59. The van der Waals surface area contributed by atoms with Gasteiger partial charge in [-0.2, -0.15) is 0 Å². The molecule has 2 heterocycles. The van der Waals surface area contributed by atoms with Crippen LogP contribution in [0.15, 0.2) is 54.9 Å². The number of aryl methyl sites for hydroxylation is 1. The molecule has 144 valence electrons. The lowest BCUT2D eigenvalue weighted by Gasteiger charge is -2.33. The van der Waals surface area contributed by atoms with Crippen molar-refractivity contribution in [2.75, 3.05) is 18.4 Å². The molecule has 1 saturated heterocycles. The highest BCUT2D eigenvalue weighted by Crippen LogP contribution is 2.32. The first-order valence-corrected chi connectivity index (χ1v) is 9.66. The lowest BCUT2D eigenvalue weighted by molar-refractivity contribution is -0.383. The van der Waals surface area contributed by atoms with Crippen LogP contribution in [0.25, 0.3) is 10.8 Å². The average molecular weight is 376 g/mol. The predicted molar refractivity (Wildman–Crippen MR) is 111 cm³/mol. The second-order valence-corrected chi connectivity index (χ2v) is 7.43. The Morgan fingerprint density at radius 2 is 1.93 bits per heavy atom. The second-order valence-electron chi connectivity index (χ2n) is 7.43. The molecule has 0 spiro atoms. The van der Waals surface area contributed by atoms with Crippen LogP contribution >= 0.6 is 0 Å². The molecule has 0 unspecified atom stereocenters. The van der Waals surface area contributed by atoms with Crippen molar-refractivity contribution in [1.29, 1.82) is 0 Å². The smallest absolute Gasteiger partial charge is 0.278 e. The van der Waals surface area contributed by atoms with Crippen molar-refractivity contribution in [3.05, 3.63) is 76.1 Å². The first-order chi connectivity index (χ1) is 13.6. The highest BCUT2D eigenvalue weighted by atomic mass is 16.6. The first-order valence-electron chi connectivity index (χ1n) is 9.66. The van der Waals surface area contributed by atoms with E-state index < -0.39 is 0 Å². The summed E-state index contributed by atoms with van der Waals surface area (Å²) in [6, 6.07) is 14.2. The van der Waals surface area contributed by atoms with Gasteiger partial charge in [0.25, 0.3) is 5.69 Å². The molecule has 28 heavy (non-hydrogen) atoms. The zero-order valence-corrected chi connectivity index (χ0v) is 16.0. The number of nitro groups is 1. The maximum absolute atomic E-state index is 11.3. The van der Waals surface area contributed by atoms with Gasteiger partial charge in [0.1, 0.15) is 0 Å². The Morgan fingerprint density at radius 1 is 1.14 bits per heavy atom. The molecule has 1 aliphatic rings. The number of aromatic nitrogens is 1. The van der Waals surface area contributed by atoms with E-state index in [1.807, 2.05) is 12.1 Å². The number of rotatable bonds is 5. The molecule has 1 N–H and O–H groups in total. The Bertz CT molecular complexity index is 997. The molecule has 1 aromatic heterocycles. The van der Waals surface area contributed by atoms with Gasteiger partial charge in [0.15, 0.2) is 0 Å². The Hall–Kier alpha value is -2.99. The maximum atomic E-state index is 11.3. The van der Waals surface area contributed by atoms with E-state index in [0.717, 1.165) is 43.5 Å². The Kier molecular flexibility index (Phi) is 5.21. The van der Waals surface area contributed by atoms with Crippen molar-refractivity contribution in [2.45, 2.75) is 32.4 Å². The highest BCUT2D eigenvalue weighted by molar-refractivity contribution is 5.99. The van der Waals surface area contributed by atoms with Gasteiger partial charge in [0.2, 0.25) is 0 Å². The minimum Gasteiger partial charge on any atom is -0.382 e. The minimum absolute atomic E-state index is 0.0988. The molecule has 6 heteroatoms. The van der Waals surface area contributed by atoms with Crippen molar-refractivity contribution in [1.82, 2.24) is 9.88 Å². The van der Waals surface area contributed by atoms with E-state index in [1.165, 1.54) is 11.1 Å². The predicted octanol–water partition coefficient (Wildman–Crippen LogP) is 4.53. The van der Waals surface area contributed by atoms with Gasteiger partial charge in [0.05, 0.1) is 10.3 Å². The van der Waals surface area contributed by atoms with E-state index in [1.54, 1.807) is 18.5 Å². The third-order valence-electron chi connectivity index (χ3n) is 5.59. The molecule has 6 nitrogen and oxygen atoms in total. The number of nitrogens with zero attached hydrogens (tertiary/aromatic N) is 3.